The first-order chi connectivity index (χ1) is 13.1. The van der Waals surface area contributed by atoms with Crippen molar-refractivity contribution in [2.75, 3.05) is 11.9 Å². The molecule has 0 aliphatic carbocycles. The zero-order valence-electron chi connectivity index (χ0n) is 15.1. The van der Waals surface area contributed by atoms with Crippen molar-refractivity contribution in [3.05, 3.63) is 89.0 Å². The van der Waals surface area contributed by atoms with Crippen LogP contribution in [0.4, 0.5) is 10.3 Å². The van der Waals surface area contributed by atoms with Crippen molar-refractivity contribution >= 4 is 11.9 Å². The number of anilines is 1. The van der Waals surface area contributed by atoms with Gasteiger partial charge < -0.3 is 10.6 Å². The minimum atomic E-state index is -0.268. The molecule has 1 amide bonds. The highest BCUT2D eigenvalue weighted by Gasteiger charge is 2.07. The van der Waals surface area contributed by atoms with E-state index < -0.39 is 0 Å². The zero-order valence-corrected chi connectivity index (χ0v) is 15.1. The van der Waals surface area contributed by atoms with E-state index in [4.69, 9.17) is 0 Å². The van der Waals surface area contributed by atoms with E-state index in [0.717, 1.165) is 11.1 Å². The number of aryl methyl sites for hydroxylation is 1. The van der Waals surface area contributed by atoms with Crippen LogP contribution in [0.5, 0.6) is 0 Å². The van der Waals surface area contributed by atoms with Crippen molar-refractivity contribution in [3.8, 4) is 0 Å². The van der Waals surface area contributed by atoms with Gasteiger partial charge >= 0.3 is 0 Å². The number of halogens is 1. The van der Waals surface area contributed by atoms with Crippen LogP contribution < -0.4 is 10.6 Å². The van der Waals surface area contributed by atoms with Crippen LogP contribution in [0.1, 0.15) is 27.0 Å². The molecule has 0 fully saturated rings. The summed E-state index contributed by atoms with van der Waals surface area (Å²) in [5.74, 6) is -0.0299. The van der Waals surface area contributed by atoms with E-state index in [2.05, 4.69) is 26.7 Å². The molecule has 6 heteroatoms. The van der Waals surface area contributed by atoms with Gasteiger partial charge in [0.05, 0.1) is 5.56 Å². The molecule has 0 spiro atoms. The van der Waals surface area contributed by atoms with Gasteiger partial charge in [0, 0.05) is 25.5 Å². The van der Waals surface area contributed by atoms with Gasteiger partial charge in [0.15, 0.2) is 0 Å². The summed E-state index contributed by atoms with van der Waals surface area (Å²) in [6.45, 7) is 3.12. The van der Waals surface area contributed by atoms with Gasteiger partial charge in [-0.25, -0.2) is 14.4 Å². The van der Waals surface area contributed by atoms with Gasteiger partial charge in [-0.3, -0.25) is 4.79 Å². The Hall–Kier alpha value is -3.28. The predicted molar refractivity (Wildman–Crippen MR) is 103 cm³/mol. The molecule has 0 saturated heterocycles. The molecule has 0 saturated carbocycles. The highest BCUT2D eigenvalue weighted by molar-refractivity contribution is 5.93. The summed E-state index contributed by atoms with van der Waals surface area (Å²) < 4.78 is 12.9. The fourth-order valence-electron chi connectivity index (χ4n) is 2.61. The van der Waals surface area contributed by atoms with Gasteiger partial charge in [0.2, 0.25) is 5.95 Å². The summed E-state index contributed by atoms with van der Waals surface area (Å²) in [6, 6.07) is 14.4. The van der Waals surface area contributed by atoms with Crippen LogP contribution in [-0.4, -0.2) is 22.4 Å². The summed E-state index contributed by atoms with van der Waals surface area (Å²) in [7, 11) is 0. The van der Waals surface area contributed by atoms with Gasteiger partial charge in [-0.2, -0.15) is 0 Å². The molecule has 2 aromatic carbocycles. The number of hydrogen-bond acceptors (Lipinski definition) is 4. The average molecular weight is 364 g/mol. The van der Waals surface area contributed by atoms with Crippen LogP contribution in [0.25, 0.3) is 0 Å². The number of amides is 1. The minimum absolute atomic E-state index is 0.234. The summed E-state index contributed by atoms with van der Waals surface area (Å²) in [4.78, 5) is 20.5. The van der Waals surface area contributed by atoms with Crippen molar-refractivity contribution in [2.45, 2.75) is 19.9 Å². The predicted octanol–water partition coefficient (Wildman–Crippen LogP) is 3.51. The number of hydrogen-bond donors (Lipinski definition) is 2. The van der Waals surface area contributed by atoms with E-state index >= 15 is 0 Å². The fraction of sp³-hybridized carbons (Fsp3) is 0.190. The Labute approximate surface area is 157 Å². The molecule has 0 atom stereocenters. The summed E-state index contributed by atoms with van der Waals surface area (Å²) in [5.41, 5.74) is 3.70. The summed E-state index contributed by atoms with van der Waals surface area (Å²) in [6.07, 6.45) is 3.63. The normalized spacial score (nSPS) is 10.4. The first-order valence-electron chi connectivity index (χ1n) is 8.74. The number of nitrogens with zero attached hydrogens (tertiary/aromatic N) is 2. The smallest absolute Gasteiger partial charge is 0.254 e. The number of rotatable bonds is 7. The van der Waals surface area contributed by atoms with E-state index in [9.17, 15) is 9.18 Å². The van der Waals surface area contributed by atoms with Crippen LogP contribution in [0.3, 0.4) is 0 Å². The number of benzene rings is 2. The molecule has 1 aromatic heterocycles. The molecule has 3 rings (SSSR count). The molecular weight excluding hydrogens is 343 g/mol. The number of aromatic nitrogens is 2. The average Bonchev–Trinajstić information content (AvgIpc) is 2.68. The van der Waals surface area contributed by atoms with Crippen LogP contribution in [0.15, 0.2) is 60.9 Å². The lowest BCUT2D eigenvalue weighted by Gasteiger charge is -2.07. The molecular formula is C21H21FN4O. The molecule has 0 unspecified atom stereocenters. The van der Waals surface area contributed by atoms with Crippen LogP contribution in [0, 0.1) is 12.7 Å². The molecule has 0 bridgehead atoms. The maximum Gasteiger partial charge on any atom is 0.254 e. The lowest BCUT2D eigenvalue weighted by atomic mass is 10.1. The fourth-order valence-corrected chi connectivity index (χ4v) is 2.61. The van der Waals surface area contributed by atoms with E-state index in [1.807, 2.05) is 25.1 Å². The minimum Gasteiger partial charge on any atom is -0.352 e. The maximum atomic E-state index is 12.9. The molecule has 5 nitrogen and oxygen atoms in total. The largest absolute Gasteiger partial charge is 0.352 e. The second-order valence-corrected chi connectivity index (χ2v) is 6.27. The van der Waals surface area contributed by atoms with E-state index in [1.54, 1.807) is 12.1 Å². The summed E-state index contributed by atoms with van der Waals surface area (Å²) >= 11 is 0. The molecule has 1 heterocycles. The van der Waals surface area contributed by atoms with Crippen molar-refractivity contribution in [2.24, 2.45) is 0 Å². The molecule has 138 valence electrons. The third-order valence-corrected chi connectivity index (χ3v) is 4.06. The second-order valence-electron chi connectivity index (χ2n) is 6.27. The quantitative estimate of drug-likeness (QED) is 0.673. The topological polar surface area (TPSA) is 66.9 Å². The molecule has 0 aliphatic rings. The van der Waals surface area contributed by atoms with Crippen molar-refractivity contribution in [1.29, 1.82) is 0 Å². The zero-order chi connectivity index (χ0) is 19.1. The van der Waals surface area contributed by atoms with E-state index in [0.29, 0.717) is 31.0 Å². The van der Waals surface area contributed by atoms with Crippen LogP contribution in [-0.2, 0) is 13.0 Å². The van der Waals surface area contributed by atoms with Gasteiger partial charge in [0.1, 0.15) is 5.82 Å². The molecule has 0 aliphatic heterocycles. The van der Waals surface area contributed by atoms with Gasteiger partial charge in [-0.1, -0.05) is 42.0 Å². The lowest BCUT2D eigenvalue weighted by Crippen LogP contribution is -2.26. The first kappa shape index (κ1) is 18.5. The van der Waals surface area contributed by atoms with Gasteiger partial charge in [-0.15, -0.1) is 0 Å². The monoisotopic (exact) mass is 364 g/mol. The molecule has 0 radical (unpaired) electrons. The number of carbonyl (C=O) groups excluding carboxylic acids is 1. The van der Waals surface area contributed by atoms with Gasteiger partial charge in [0.25, 0.3) is 5.91 Å². The van der Waals surface area contributed by atoms with Crippen molar-refractivity contribution in [1.82, 2.24) is 15.3 Å². The Morgan fingerprint density at radius 2 is 1.78 bits per heavy atom. The maximum absolute atomic E-state index is 12.9. The SMILES string of the molecule is Cc1cccc(CNc2ncc(C(=O)NCCc3ccc(F)cc3)cn2)c1. The highest BCUT2D eigenvalue weighted by atomic mass is 19.1. The Balaban J connectivity index is 1.47. The Morgan fingerprint density at radius 1 is 1.04 bits per heavy atom. The Kier molecular flexibility index (Phi) is 6.10. The van der Waals surface area contributed by atoms with Crippen molar-refractivity contribution in [3.63, 3.8) is 0 Å². The van der Waals surface area contributed by atoms with Crippen molar-refractivity contribution < 1.29 is 9.18 Å². The second kappa shape index (κ2) is 8.89. The number of nitrogens with one attached hydrogen (secondary N) is 2. The Bertz CT molecular complexity index is 895. The number of carbonyl (C=O) groups is 1. The standard InChI is InChI=1S/C21H21FN4O/c1-15-3-2-4-17(11-15)12-24-21-25-13-18(14-26-21)20(27)23-10-9-16-5-7-19(22)8-6-16/h2-8,11,13-14H,9-10,12H2,1H3,(H,23,27)(H,24,25,26). The van der Waals surface area contributed by atoms with E-state index in [1.165, 1.54) is 30.1 Å². The van der Waals surface area contributed by atoms with Crippen LogP contribution >= 0.6 is 0 Å². The molecule has 3 aromatic rings. The van der Waals surface area contributed by atoms with Gasteiger partial charge in [-0.05, 0) is 36.6 Å². The lowest BCUT2D eigenvalue weighted by molar-refractivity contribution is 0.0953. The third-order valence-electron chi connectivity index (χ3n) is 4.06. The summed E-state index contributed by atoms with van der Waals surface area (Å²) in [5, 5.41) is 5.95. The Morgan fingerprint density at radius 3 is 2.48 bits per heavy atom. The highest BCUT2D eigenvalue weighted by Crippen LogP contribution is 2.07. The first-order valence-corrected chi connectivity index (χ1v) is 8.74. The third kappa shape index (κ3) is 5.60. The van der Waals surface area contributed by atoms with E-state index in [-0.39, 0.29) is 11.7 Å². The molecule has 2 N–H and O–H groups in total. The van der Waals surface area contributed by atoms with Crippen LogP contribution in [0.2, 0.25) is 0 Å². The molecule has 27 heavy (non-hydrogen) atoms.